The molecule has 1 saturated heterocycles. The zero-order chi connectivity index (χ0) is 10.4. The van der Waals surface area contributed by atoms with E-state index in [0.29, 0.717) is 19.2 Å². The third kappa shape index (κ3) is 1.26. The number of aryl methyl sites for hydroxylation is 1. The van der Waals surface area contributed by atoms with E-state index in [9.17, 15) is 4.79 Å². The molecule has 3 heterocycles. The Hall–Kier alpha value is -1.36. The van der Waals surface area contributed by atoms with E-state index in [2.05, 4.69) is 9.88 Å². The van der Waals surface area contributed by atoms with Gasteiger partial charge in [-0.1, -0.05) is 0 Å². The van der Waals surface area contributed by atoms with Gasteiger partial charge in [-0.3, -0.25) is 4.57 Å². The Balaban J connectivity index is 2.12. The number of nitrogens with zero attached hydrogens (tertiary/aromatic N) is 3. The summed E-state index contributed by atoms with van der Waals surface area (Å²) >= 11 is 0. The second kappa shape index (κ2) is 3.06. The van der Waals surface area contributed by atoms with E-state index in [1.807, 2.05) is 13.0 Å². The second-order valence-corrected chi connectivity index (χ2v) is 4.07. The Kier molecular flexibility index (Phi) is 1.82. The Morgan fingerprint density at radius 3 is 3.33 bits per heavy atom. The number of hydrogen-bond donors (Lipinski definition) is 0. The lowest BCUT2D eigenvalue weighted by Gasteiger charge is -2.30. The molecule has 5 nitrogen and oxygen atoms in total. The molecule has 0 aromatic carbocycles. The minimum atomic E-state index is -0.139. The van der Waals surface area contributed by atoms with Crippen LogP contribution < -0.4 is 10.6 Å². The molecule has 0 spiro atoms. The Bertz CT molecular complexity index is 454. The molecule has 0 unspecified atom stereocenters. The van der Waals surface area contributed by atoms with E-state index >= 15 is 0 Å². The van der Waals surface area contributed by atoms with Crippen LogP contribution >= 0.6 is 0 Å². The quantitative estimate of drug-likeness (QED) is 0.589. The smallest absolute Gasteiger partial charge is 0.349 e. The molecule has 1 atom stereocenters. The van der Waals surface area contributed by atoms with E-state index in [0.717, 1.165) is 24.7 Å². The van der Waals surface area contributed by atoms with Gasteiger partial charge in [0.25, 0.3) is 0 Å². The summed E-state index contributed by atoms with van der Waals surface area (Å²) in [6.07, 6.45) is 0. The molecule has 80 valence electrons. The average molecular weight is 207 g/mol. The monoisotopic (exact) mass is 207 g/mol. The van der Waals surface area contributed by atoms with E-state index < -0.39 is 0 Å². The first-order valence-electron chi connectivity index (χ1n) is 5.18. The first kappa shape index (κ1) is 8.91. The van der Waals surface area contributed by atoms with Crippen molar-refractivity contribution in [3.05, 3.63) is 22.2 Å². The van der Waals surface area contributed by atoms with Gasteiger partial charge >= 0.3 is 5.69 Å². The first-order valence-corrected chi connectivity index (χ1v) is 5.18. The minimum Gasteiger partial charge on any atom is -0.377 e. The molecule has 0 N–H and O–H groups in total. The molecular formula is C10H13N3O2. The number of aromatic nitrogens is 2. The van der Waals surface area contributed by atoms with Gasteiger partial charge in [0, 0.05) is 18.3 Å². The van der Waals surface area contributed by atoms with Gasteiger partial charge < -0.3 is 9.64 Å². The van der Waals surface area contributed by atoms with E-state index in [1.165, 1.54) is 0 Å². The molecule has 2 aliphatic heterocycles. The van der Waals surface area contributed by atoms with Crippen LogP contribution in [0.3, 0.4) is 0 Å². The van der Waals surface area contributed by atoms with Crippen LogP contribution in [0.15, 0.2) is 10.9 Å². The lowest BCUT2D eigenvalue weighted by atomic mass is 10.2. The number of fused-ring (bicyclic) bond motifs is 3. The summed E-state index contributed by atoms with van der Waals surface area (Å²) in [6, 6.07) is 2.29. The SMILES string of the molecule is Cc1cc2n(c(=O)n1)C[C@@H]1COCCN21. The summed E-state index contributed by atoms with van der Waals surface area (Å²) in [5, 5.41) is 0. The average Bonchev–Trinajstić information content (AvgIpc) is 2.57. The topological polar surface area (TPSA) is 47.4 Å². The molecule has 0 aliphatic carbocycles. The Morgan fingerprint density at radius 1 is 1.60 bits per heavy atom. The number of morpholine rings is 1. The summed E-state index contributed by atoms with van der Waals surface area (Å²) in [5.74, 6) is 1.00. The Morgan fingerprint density at radius 2 is 2.47 bits per heavy atom. The molecular weight excluding hydrogens is 194 g/mol. The van der Waals surface area contributed by atoms with Crippen LogP contribution in [0.4, 0.5) is 5.82 Å². The van der Waals surface area contributed by atoms with Gasteiger partial charge in [-0.05, 0) is 6.92 Å². The predicted molar refractivity (Wildman–Crippen MR) is 55.2 cm³/mol. The van der Waals surface area contributed by atoms with Crippen LogP contribution in [0.1, 0.15) is 5.69 Å². The van der Waals surface area contributed by atoms with Crippen molar-refractivity contribution in [1.29, 1.82) is 0 Å². The summed E-state index contributed by atoms with van der Waals surface area (Å²) < 4.78 is 7.15. The van der Waals surface area contributed by atoms with Crippen molar-refractivity contribution in [3.63, 3.8) is 0 Å². The zero-order valence-corrected chi connectivity index (χ0v) is 8.64. The summed E-state index contributed by atoms with van der Waals surface area (Å²) in [6.45, 7) is 4.89. The number of rotatable bonds is 0. The fourth-order valence-electron chi connectivity index (χ4n) is 2.33. The molecule has 0 amide bonds. The van der Waals surface area contributed by atoms with Gasteiger partial charge in [0.1, 0.15) is 5.82 Å². The van der Waals surface area contributed by atoms with Crippen LogP contribution in [-0.4, -0.2) is 35.4 Å². The number of ether oxygens (including phenoxy) is 1. The van der Waals surface area contributed by atoms with Gasteiger partial charge in [0.2, 0.25) is 0 Å². The van der Waals surface area contributed by atoms with Gasteiger partial charge in [-0.25, -0.2) is 4.79 Å². The highest BCUT2D eigenvalue weighted by atomic mass is 16.5. The predicted octanol–water partition coefficient (Wildman–Crippen LogP) is -0.229. The fourth-order valence-corrected chi connectivity index (χ4v) is 2.33. The molecule has 2 aliphatic rings. The van der Waals surface area contributed by atoms with E-state index in [-0.39, 0.29) is 5.69 Å². The zero-order valence-electron chi connectivity index (χ0n) is 8.64. The summed E-state index contributed by atoms with van der Waals surface area (Å²) in [5.41, 5.74) is 0.651. The summed E-state index contributed by atoms with van der Waals surface area (Å²) in [7, 11) is 0. The molecule has 3 rings (SSSR count). The maximum atomic E-state index is 11.7. The largest absolute Gasteiger partial charge is 0.377 e. The molecule has 1 aromatic heterocycles. The van der Waals surface area contributed by atoms with Crippen LogP contribution in [0.2, 0.25) is 0 Å². The van der Waals surface area contributed by atoms with E-state index in [1.54, 1.807) is 4.57 Å². The van der Waals surface area contributed by atoms with Crippen molar-refractivity contribution in [2.45, 2.75) is 19.5 Å². The maximum Gasteiger partial charge on any atom is 0.349 e. The van der Waals surface area contributed by atoms with Gasteiger partial charge in [-0.15, -0.1) is 0 Å². The third-order valence-corrected chi connectivity index (χ3v) is 3.03. The van der Waals surface area contributed by atoms with Crippen molar-refractivity contribution < 1.29 is 4.74 Å². The molecule has 0 saturated carbocycles. The second-order valence-electron chi connectivity index (χ2n) is 4.07. The van der Waals surface area contributed by atoms with Crippen LogP contribution in [0.5, 0.6) is 0 Å². The van der Waals surface area contributed by atoms with Gasteiger partial charge in [0.05, 0.1) is 25.8 Å². The Labute approximate surface area is 87.3 Å². The highest BCUT2D eigenvalue weighted by Gasteiger charge is 2.32. The number of hydrogen-bond acceptors (Lipinski definition) is 4. The normalized spacial score (nSPS) is 23.8. The van der Waals surface area contributed by atoms with Gasteiger partial charge in [-0.2, -0.15) is 4.98 Å². The minimum absolute atomic E-state index is 0.139. The molecule has 1 fully saturated rings. The molecule has 0 radical (unpaired) electrons. The lowest BCUT2D eigenvalue weighted by molar-refractivity contribution is 0.0956. The maximum absolute atomic E-state index is 11.7. The first-order chi connectivity index (χ1) is 7.25. The van der Waals surface area contributed by atoms with Crippen molar-refractivity contribution >= 4 is 5.82 Å². The van der Waals surface area contributed by atoms with Crippen molar-refractivity contribution in [3.8, 4) is 0 Å². The fraction of sp³-hybridized carbons (Fsp3) is 0.600. The van der Waals surface area contributed by atoms with Crippen molar-refractivity contribution in [2.75, 3.05) is 24.7 Å². The van der Waals surface area contributed by atoms with E-state index in [4.69, 9.17) is 4.74 Å². The molecule has 1 aromatic rings. The number of anilines is 1. The molecule has 15 heavy (non-hydrogen) atoms. The van der Waals surface area contributed by atoms with Crippen LogP contribution in [0.25, 0.3) is 0 Å². The van der Waals surface area contributed by atoms with Crippen LogP contribution in [0, 0.1) is 6.92 Å². The molecule has 5 heteroatoms. The van der Waals surface area contributed by atoms with Gasteiger partial charge in [0.15, 0.2) is 0 Å². The summed E-state index contributed by atoms with van der Waals surface area (Å²) in [4.78, 5) is 17.9. The van der Waals surface area contributed by atoms with Crippen molar-refractivity contribution in [2.24, 2.45) is 0 Å². The highest BCUT2D eigenvalue weighted by Crippen LogP contribution is 2.26. The van der Waals surface area contributed by atoms with Crippen molar-refractivity contribution in [1.82, 2.24) is 9.55 Å². The standard InChI is InChI=1S/C10H13N3O2/c1-7-4-9-12-2-3-15-6-8(12)5-13(9)10(14)11-7/h4,8H,2-3,5-6H2,1H3/t8-/m1/s1. The molecule has 0 bridgehead atoms. The highest BCUT2D eigenvalue weighted by molar-refractivity contribution is 5.45. The lowest BCUT2D eigenvalue weighted by Crippen LogP contribution is -2.43. The third-order valence-electron chi connectivity index (χ3n) is 3.03. The van der Waals surface area contributed by atoms with Crippen LogP contribution in [-0.2, 0) is 11.3 Å².